The third-order valence-electron chi connectivity index (χ3n) is 5.71. The number of likely N-dealkylation sites (tertiary alicyclic amines) is 2. The van der Waals surface area contributed by atoms with Gasteiger partial charge in [0, 0.05) is 38.0 Å². The molecular weight excluding hydrogens is 332 g/mol. The Morgan fingerprint density at radius 3 is 2.85 bits per heavy atom. The second-order valence-electron chi connectivity index (χ2n) is 7.52. The molecule has 2 fully saturated rings. The molecule has 1 aromatic rings. The van der Waals surface area contributed by atoms with Crippen LogP contribution in [-0.2, 0) is 4.79 Å². The number of para-hydroxylation sites is 1. The summed E-state index contributed by atoms with van der Waals surface area (Å²) in [5.74, 6) is 0.738. The zero-order valence-electron chi connectivity index (χ0n) is 15.7. The molecule has 2 saturated heterocycles. The molecule has 1 unspecified atom stereocenters. The first-order valence-corrected chi connectivity index (χ1v) is 9.31. The molecule has 0 aliphatic carbocycles. The number of benzene rings is 1. The highest BCUT2D eigenvalue weighted by molar-refractivity contribution is 5.97. The molecule has 6 nitrogen and oxygen atoms in total. The van der Waals surface area contributed by atoms with Crippen LogP contribution in [0.2, 0.25) is 0 Å². The summed E-state index contributed by atoms with van der Waals surface area (Å²) in [7, 11) is 1.59. The molecular formula is C20H28N2O4. The molecule has 0 bridgehead atoms. The quantitative estimate of drug-likeness (QED) is 0.889. The average molecular weight is 360 g/mol. The van der Waals surface area contributed by atoms with E-state index in [1.165, 1.54) is 0 Å². The maximum absolute atomic E-state index is 13.2. The molecule has 3 rings (SSSR count). The molecule has 1 N–H and O–H groups in total. The first kappa shape index (κ1) is 18.7. The highest BCUT2D eigenvalue weighted by Gasteiger charge is 2.42. The fourth-order valence-corrected chi connectivity index (χ4v) is 4.40. The molecule has 1 aromatic carbocycles. The lowest BCUT2D eigenvalue weighted by molar-refractivity contribution is -0.139. The maximum Gasteiger partial charge on any atom is 0.257 e. The van der Waals surface area contributed by atoms with Gasteiger partial charge in [-0.25, -0.2) is 0 Å². The number of aryl methyl sites for hydroxylation is 1. The van der Waals surface area contributed by atoms with E-state index in [-0.39, 0.29) is 23.8 Å². The van der Waals surface area contributed by atoms with Crippen LogP contribution in [-0.4, -0.2) is 66.6 Å². The van der Waals surface area contributed by atoms with Crippen molar-refractivity contribution in [1.82, 2.24) is 9.80 Å². The number of ether oxygens (including phenoxy) is 1. The molecule has 26 heavy (non-hydrogen) atoms. The monoisotopic (exact) mass is 360 g/mol. The van der Waals surface area contributed by atoms with Crippen LogP contribution in [0.5, 0.6) is 5.75 Å². The van der Waals surface area contributed by atoms with Gasteiger partial charge in [-0.2, -0.15) is 0 Å². The van der Waals surface area contributed by atoms with Crippen molar-refractivity contribution in [2.45, 2.75) is 32.6 Å². The zero-order chi connectivity index (χ0) is 18.7. The summed E-state index contributed by atoms with van der Waals surface area (Å²) in [4.78, 5) is 28.9. The van der Waals surface area contributed by atoms with E-state index in [2.05, 4.69) is 0 Å². The van der Waals surface area contributed by atoms with E-state index in [0.29, 0.717) is 37.4 Å². The fourth-order valence-electron chi connectivity index (χ4n) is 4.40. The zero-order valence-corrected chi connectivity index (χ0v) is 15.7. The second kappa shape index (κ2) is 7.66. The summed E-state index contributed by atoms with van der Waals surface area (Å²) >= 11 is 0. The number of hydrogen-bond acceptors (Lipinski definition) is 4. The van der Waals surface area contributed by atoms with Crippen molar-refractivity contribution in [3.05, 3.63) is 29.3 Å². The van der Waals surface area contributed by atoms with E-state index < -0.39 is 0 Å². The SMILES string of the molecule is COc1c(C)cccc1C(=O)N1CCCC2(CCC(=O)N(CCO)C2)C1. The molecule has 2 aliphatic rings. The van der Waals surface area contributed by atoms with Gasteiger partial charge in [-0.3, -0.25) is 9.59 Å². The molecule has 2 aliphatic heterocycles. The number of aliphatic hydroxyl groups is 1. The minimum atomic E-state index is -0.0615. The number of hydrogen-bond donors (Lipinski definition) is 1. The molecule has 2 amide bonds. The normalized spacial score (nSPS) is 23.4. The average Bonchev–Trinajstić information content (AvgIpc) is 2.64. The van der Waals surface area contributed by atoms with Gasteiger partial charge in [0.05, 0.1) is 19.3 Å². The van der Waals surface area contributed by atoms with Gasteiger partial charge in [-0.15, -0.1) is 0 Å². The largest absolute Gasteiger partial charge is 0.496 e. The van der Waals surface area contributed by atoms with Gasteiger partial charge < -0.3 is 19.6 Å². The van der Waals surface area contributed by atoms with Crippen LogP contribution in [0.25, 0.3) is 0 Å². The molecule has 0 aromatic heterocycles. The predicted octanol–water partition coefficient (Wildman–Crippen LogP) is 1.84. The van der Waals surface area contributed by atoms with E-state index in [9.17, 15) is 14.7 Å². The predicted molar refractivity (Wildman–Crippen MR) is 98.2 cm³/mol. The Labute approximate surface area is 154 Å². The van der Waals surface area contributed by atoms with E-state index in [4.69, 9.17) is 4.74 Å². The summed E-state index contributed by atoms with van der Waals surface area (Å²) < 4.78 is 5.46. The van der Waals surface area contributed by atoms with Crippen LogP contribution in [0.4, 0.5) is 0 Å². The van der Waals surface area contributed by atoms with Crippen LogP contribution in [0.15, 0.2) is 18.2 Å². The molecule has 1 atom stereocenters. The van der Waals surface area contributed by atoms with Crippen molar-refractivity contribution < 1.29 is 19.4 Å². The minimum absolute atomic E-state index is 0.00441. The van der Waals surface area contributed by atoms with E-state index in [0.717, 1.165) is 31.4 Å². The Bertz CT molecular complexity index is 690. The standard InChI is InChI=1S/C20H28N2O4/c1-15-5-3-6-16(18(15)26-2)19(25)22-10-4-8-20(14-22)9-7-17(24)21(13-20)11-12-23/h3,5-6,23H,4,7-14H2,1-2H3. The summed E-state index contributed by atoms with van der Waals surface area (Å²) in [6.45, 7) is 4.29. The van der Waals surface area contributed by atoms with Gasteiger partial charge in [0.15, 0.2) is 0 Å². The molecule has 142 valence electrons. The van der Waals surface area contributed by atoms with E-state index >= 15 is 0 Å². The number of aliphatic hydroxyl groups excluding tert-OH is 1. The fraction of sp³-hybridized carbons (Fsp3) is 0.600. The van der Waals surface area contributed by atoms with Crippen LogP contribution in [0.3, 0.4) is 0 Å². The van der Waals surface area contributed by atoms with Gasteiger partial charge in [-0.1, -0.05) is 12.1 Å². The number of β-amino-alcohol motifs (C(OH)–C–C–N with tert-alkyl or cyclic N) is 1. The van der Waals surface area contributed by atoms with Crippen molar-refractivity contribution in [1.29, 1.82) is 0 Å². The maximum atomic E-state index is 13.2. The van der Waals surface area contributed by atoms with Gasteiger partial charge in [0.1, 0.15) is 5.75 Å². The second-order valence-corrected chi connectivity index (χ2v) is 7.52. The van der Waals surface area contributed by atoms with Crippen molar-refractivity contribution in [2.75, 3.05) is 39.9 Å². The number of nitrogens with zero attached hydrogens (tertiary/aromatic N) is 2. The lowest BCUT2D eigenvalue weighted by Gasteiger charge is -2.48. The number of rotatable bonds is 4. The Kier molecular flexibility index (Phi) is 5.51. The number of carbonyl (C=O) groups is 2. The summed E-state index contributed by atoms with van der Waals surface area (Å²) in [6.07, 6.45) is 3.25. The van der Waals surface area contributed by atoms with Gasteiger partial charge >= 0.3 is 0 Å². The molecule has 6 heteroatoms. The van der Waals surface area contributed by atoms with Gasteiger partial charge in [0.25, 0.3) is 5.91 Å². The van der Waals surface area contributed by atoms with Crippen molar-refractivity contribution in [3.63, 3.8) is 0 Å². The Balaban J connectivity index is 1.79. The first-order chi connectivity index (χ1) is 12.5. The van der Waals surface area contributed by atoms with Crippen molar-refractivity contribution in [3.8, 4) is 5.75 Å². The van der Waals surface area contributed by atoms with E-state index in [1.807, 2.05) is 30.0 Å². The van der Waals surface area contributed by atoms with E-state index in [1.54, 1.807) is 12.0 Å². The number of carbonyl (C=O) groups excluding carboxylic acids is 2. The topological polar surface area (TPSA) is 70.1 Å². The van der Waals surface area contributed by atoms with Crippen LogP contribution in [0.1, 0.15) is 41.6 Å². The highest BCUT2D eigenvalue weighted by Crippen LogP contribution is 2.39. The summed E-state index contributed by atoms with van der Waals surface area (Å²) in [6, 6.07) is 5.64. The van der Waals surface area contributed by atoms with Crippen molar-refractivity contribution >= 4 is 11.8 Å². The summed E-state index contributed by atoms with van der Waals surface area (Å²) in [5.41, 5.74) is 1.49. The molecule has 0 radical (unpaired) electrons. The third kappa shape index (κ3) is 3.56. The Hall–Kier alpha value is -2.08. The van der Waals surface area contributed by atoms with Crippen molar-refractivity contribution in [2.24, 2.45) is 5.41 Å². The third-order valence-corrected chi connectivity index (χ3v) is 5.71. The summed E-state index contributed by atoms with van der Waals surface area (Å²) in [5, 5.41) is 9.22. The highest BCUT2D eigenvalue weighted by atomic mass is 16.5. The Morgan fingerprint density at radius 1 is 1.31 bits per heavy atom. The first-order valence-electron chi connectivity index (χ1n) is 9.31. The Morgan fingerprint density at radius 2 is 2.12 bits per heavy atom. The smallest absolute Gasteiger partial charge is 0.257 e. The lowest BCUT2D eigenvalue weighted by Crippen LogP contribution is -2.55. The van der Waals surface area contributed by atoms with Crippen LogP contribution < -0.4 is 4.74 Å². The van der Waals surface area contributed by atoms with Gasteiger partial charge in [-0.05, 0) is 37.8 Å². The number of amides is 2. The number of piperidine rings is 2. The van der Waals surface area contributed by atoms with Crippen LogP contribution in [0, 0.1) is 12.3 Å². The molecule has 2 heterocycles. The van der Waals surface area contributed by atoms with Crippen LogP contribution >= 0.6 is 0 Å². The lowest BCUT2D eigenvalue weighted by atomic mass is 9.73. The molecule has 1 spiro atoms. The van der Waals surface area contributed by atoms with Gasteiger partial charge in [0.2, 0.25) is 5.91 Å². The minimum Gasteiger partial charge on any atom is -0.496 e. The molecule has 0 saturated carbocycles. The number of methoxy groups -OCH3 is 1.